The van der Waals surface area contributed by atoms with Crippen LogP contribution in [0, 0.1) is 0 Å². The van der Waals surface area contributed by atoms with Gasteiger partial charge in [0.1, 0.15) is 0 Å². The summed E-state index contributed by atoms with van der Waals surface area (Å²) in [6.45, 7) is 0. The minimum atomic E-state index is 0.517. The van der Waals surface area contributed by atoms with Crippen LogP contribution < -0.4 is 0 Å². The molecule has 0 radical (unpaired) electrons. The Bertz CT molecular complexity index is 485. The van der Waals surface area contributed by atoms with Crippen molar-refractivity contribution < 1.29 is 0 Å². The van der Waals surface area contributed by atoms with Gasteiger partial charge in [0.25, 0.3) is 0 Å². The van der Waals surface area contributed by atoms with Crippen LogP contribution in [-0.2, 0) is 12.9 Å². The highest BCUT2D eigenvalue weighted by atomic mass is 35.5. The largest absolute Gasteiger partial charge is 0.325 e. The van der Waals surface area contributed by atoms with Crippen LogP contribution in [0.5, 0.6) is 0 Å². The minimum Gasteiger partial charge on any atom is -0.325 e. The monoisotopic (exact) mass is 298 g/mol. The normalized spacial score (nSPS) is 10.8. The fourth-order valence-corrected chi connectivity index (χ4v) is 3.61. The van der Waals surface area contributed by atoms with Gasteiger partial charge in [0.05, 0.1) is 17.8 Å². The van der Waals surface area contributed by atoms with Gasteiger partial charge in [-0.15, -0.1) is 23.4 Å². The predicted molar refractivity (Wildman–Crippen MR) is 80.7 cm³/mol. The second-order valence-electron chi connectivity index (χ2n) is 3.73. The summed E-state index contributed by atoms with van der Waals surface area (Å²) < 4.78 is 2.06. The highest BCUT2D eigenvalue weighted by Gasteiger charge is 2.05. The molecule has 0 unspecified atom stereocenters. The lowest BCUT2D eigenvalue weighted by Gasteiger charge is -2.04. The molecule has 1 aromatic carbocycles. The predicted octanol–water partition coefficient (Wildman–Crippen LogP) is 4.04. The van der Waals surface area contributed by atoms with Crippen molar-refractivity contribution in [2.75, 3.05) is 11.5 Å². The molecule has 5 heteroatoms. The molecule has 2 rings (SSSR count). The highest BCUT2D eigenvalue weighted by molar-refractivity contribution is 8.02. The number of benzene rings is 1. The number of alkyl halides is 1. The third-order valence-electron chi connectivity index (χ3n) is 2.51. The quantitative estimate of drug-likeness (QED) is 0.455. The fourth-order valence-electron chi connectivity index (χ4n) is 1.49. The van der Waals surface area contributed by atoms with Gasteiger partial charge in [-0.25, -0.2) is 4.98 Å². The topological polar surface area (TPSA) is 17.8 Å². The molecule has 0 N–H and O–H groups in total. The average Bonchev–Trinajstić information content (AvgIpc) is 2.77. The Kier molecular flexibility index (Phi) is 5.47. The molecule has 0 aliphatic heterocycles. The van der Waals surface area contributed by atoms with Crippen LogP contribution in [0.25, 0.3) is 0 Å². The maximum absolute atomic E-state index is 5.81. The van der Waals surface area contributed by atoms with E-state index in [-0.39, 0.29) is 0 Å². The van der Waals surface area contributed by atoms with Crippen LogP contribution in [-0.4, -0.2) is 21.1 Å². The second-order valence-corrected chi connectivity index (χ2v) is 6.23. The van der Waals surface area contributed by atoms with Crippen molar-refractivity contribution in [3.05, 3.63) is 42.2 Å². The highest BCUT2D eigenvalue weighted by Crippen LogP contribution is 2.22. The summed E-state index contributed by atoms with van der Waals surface area (Å²) in [5.41, 5.74) is 1.06. The Morgan fingerprint density at radius 3 is 2.56 bits per heavy atom. The number of imidazole rings is 1. The lowest BCUT2D eigenvalue weighted by atomic mass is 10.4. The molecule has 0 atom stereocenters. The van der Waals surface area contributed by atoms with Gasteiger partial charge >= 0.3 is 0 Å². The molecular formula is C13H15ClN2S2. The van der Waals surface area contributed by atoms with Gasteiger partial charge in [-0.2, -0.15) is 0 Å². The van der Waals surface area contributed by atoms with Gasteiger partial charge in [-0.3, -0.25) is 0 Å². The van der Waals surface area contributed by atoms with E-state index in [2.05, 4.69) is 33.8 Å². The molecule has 1 heterocycles. The molecule has 18 heavy (non-hydrogen) atoms. The van der Waals surface area contributed by atoms with Gasteiger partial charge in [0, 0.05) is 23.4 Å². The summed E-state index contributed by atoms with van der Waals surface area (Å²) >= 11 is 9.46. The van der Waals surface area contributed by atoms with E-state index < -0.39 is 0 Å². The standard InChI is InChI=1S/C13H15ClN2S2/c1-16-11(9-14)10-15-13(16)18-8-7-17-12-5-3-2-4-6-12/h2-6,10H,7-9H2,1H3. The van der Waals surface area contributed by atoms with Gasteiger partial charge in [0.2, 0.25) is 0 Å². The van der Waals surface area contributed by atoms with E-state index in [0.717, 1.165) is 22.4 Å². The molecule has 2 nitrogen and oxygen atoms in total. The molecule has 2 aromatic rings. The molecule has 0 saturated heterocycles. The molecular weight excluding hydrogens is 284 g/mol. The van der Waals surface area contributed by atoms with Crippen LogP contribution >= 0.6 is 35.1 Å². The van der Waals surface area contributed by atoms with Crippen LogP contribution in [0.1, 0.15) is 5.69 Å². The van der Waals surface area contributed by atoms with Crippen molar-refractivity contribution >= 4 is 35.1 Å². The molecule has 0 bridgehead atoms. The van der Waals surface area contributed by atoms with E-state index in [4.69, 9.17) is 11.6 Å². The van der Waals surface area contributed by atoms with Gasteiger partial charge in [-0.05, 0) is 12.1 Å². The average molecular weight is 299 g/mol. The van der Waals surface area contributed by atoms with Gasteiger partial charge < -0.3 is 4.57 Å². The van der Waals surface area contributed by atoms with E-state index >= 15 is 0 Å². The zero-order valence-corrected chi connectivity index (χ0v) is 12.6. The van der Waals surface area contributed by atoms with Crippen molar-refractivity contribution in [3.63, 3.8) is 0 Å². The number of aromatic nitrogens is 2. The molecule has 0 aliphatic carbocycles. The lowest BCUT2D eigenvalue weighted by molar-refractivity contribution is 0.761. The van der Waals surface area contributed by atoms with E-state index in [0.29, 0.717) is 5.88 Å². The number of hydrogen-bond donors (Lipinski definition) is 0. The van der Waals surface area contributed by atoms with Gasteiger partial charge in [0.15, 0.2) is 5.16 Å². The molecule has 0 amide bonds. The Morgan fingerprint density at radius 1 is 1.17 bits per heavy atom. The van der Waals surface area contributed by atoms with Crippen molar-refractivity contribution in [1.82, 2.24) is 9.55 Å². The SMILES string of the molecule is Cn1c(CCl)cnc1SCCSc1ccccc1. The van der Waals surface area contributed by atoms with Crippen LogP contribution in [0.2, 0.25) is 0 Å². The minimum absolute atomic E-state index is 0.517. The molecule has 0 fully saturated rings. The Balaban J connectivity index is 1.77. The number of rotatable bonds is 6. The first-order chi connectivity index (χ1) is 8.81. The van der Waals surface area contributed by atoms with Crippen LogP contribution in [0.3, 0.4) is 0 Å². The maximum Gasteiger partial charge on any atom is 0.167 e. The first-order valence-corrected chi connectivity index (χ1v) is 8.19. The molecule has 1 aromatic heterocycles. The number of nitrogens with zero attached hydrogens (tertiary/aromatic N) is 2. The fraction of sp³-hybridized carbons (Fsp3) is 0.308. The van der Waals surface area contributed by atoms with Crippen LogP contribution in [0.15, 0.2) is 46.6 Å². The molecule has 96 valence electrons. The Hall–Kier alpha value is -0.580. The number of hydrogen-bond acceptors (Lipinski definition) is 3. The molecule has 0 aliphatic rings. The zero-order valence-electron chi connectivity index (χ0n) is 10.2. The van der Waals surface area contributed by atoms with Crippen LogP contribution in [0.4, 0.5) is 0 Å². The third kappa shape index (κ3) is 3.70. The summed E-state index contributed by atoms with van der Waals surface area (Å²) in [6.07, 6.45) is 1.85. The van der Waals surface area contributed by atoms with E-state index in [1.165, 1.54) is 4.90 Å². The third-order valence-corrected chi connectivity index (χ3v) is 5.10. The Labute approximate surface area is 121 Å². The first-order valence-electron chi connectivity index (χ1n) is 5.68. The van der Waals surface area contributed by atoms with Crippen molar-refractivity contribution in [1.29, 1.82) is 0 Å². The summed E-state index contributed by atoms with van der Waals surface area (Å²) in [5, 5.41) is 1.04. The molecule has 0 spiro atoms. The van der Waals surface area contributed by atoms with E-state index in [1.54, 1.807) is 11.8 Å². The van der Waals surface area contributed by atoms with Crippen molar-refractivity contribution in [3.8, 4) is 0 Å². The van der Waals surface area contributed by atoms with E-state index in [9.17, 15) is 0 Å². The maximum atomic E-state index is 5.81. The Morgan fingerprint density at radius 2 is 1.89 bits per heavy atom. The van der Waals surface area contributed by atoms with E-state index in [1.807, 2.05) is 31.1 Å². The smallest absolute Gasteiger partial charge is 0.167 e. The van der Waals surface area contributed by atoms with Crippen molar-refractivity contribution in [2.24, 2.45) is 7.05 Å². The summed E-state index contributed by atoms with van der Waals surface area (Å²) in [5.74, 6) is 2.65. The summed E-state index contributed by atoms with van der Waals surface area (Å²) in [4.78, 5) is 5.68. The molecule has 0 saturated carbocycles. The van der Waals surface area contributed by atoms with Gasteiger partial charge in [-0.1, -0.05) is 30.0 Å². The summed E-state index contributed by atoms with van der Waals surface area (Å²) in [7, 11) is 2.01. The first kappa shape index (κ1) is 13.8. The summed E-state index contributed by atoms with van der Waals surface area (Å²) in [6, 6.07) is 10.5. The van der Waals surface area contributed by atoms with Crippen molar-refractivity contribution in [2.45, 2.75) is 15.9 Å². The second kappa shape index (κ2) is 7.12. The zero-order chi connectivity index (χ0) is 12.8. The lowest BCUT2D eigenvalue weighted by Crippen LogP contribution is -1.96. The number of halogens is 1. The number of thioether (sulfide) groups is 2.